The van der Waals surface area contributed by atoms with Gasteiger partial charge >= 0.3 is 0 Å². The summed E-state index contributed by atoms with van der Waals surface area (Å²) in [6.07, 6.45) is 1.63. The molecule has 4 N–H and O–H groups in total. The Labute approximate surface area is 149 Å². The molecule has 7 nitrogen and oxygen atoms in total. The highest BCUT2D eigenvalue weighted by Crippen LogP contribution is 2.31. The second-order valence-electron chi connectivity index (χ2n) is 6.29. The van der Waals surface area contributed by atoms with Crippen LogP contribution in [0, 0.1) is 5.41 Å². The molecule has 0 aliphatic carbocycles. The minimum atomic E-state index is -0.0525. The lowest BCUT2D eigenvalue weighted by Gasteiger charge is -2.27. The van der Waals surface area contributed by atoms with Crippen LogP contribution in [0.4, 0.5) is 0 Å². The van der Waals surface area contributed by atoms with Crippen molar-refractivity contribution in [3.8, 4) is 11.5 Å². The number of aliphatic hydroxyl groups excluding tert-OH is 1. The maximum atomic E-state index is 10.2. The molecule has 0 aromatic heterocycles. The van der Waals surface area contributed by atoms with E-state index in [0.29, 0.717) is 43.4 Å². The number of para-hydroxylation sites is 1. The van der Waals surface area contributed by atoms with Gasteiger partial charge in [-0.1, -0.05) is 12.1 Å². The zero-order chi connectivity index (χ0) is 18.1. The molecule has 140 valence electrons. The summed E-state index contributed by atoms with van der Waals surface area (Å²) in [5, 5.41) is 26.0. The van der Waals surface area contributed by atoms with Gasteiger partial charge in [0.25, 0.3) is 0 Å². The molecule has 0 saturated carbocycles. The Hall–Kier alpha value is -1.99. The second-order valence-corrected chi connectivity index (χ2v) is 6.29. The van der Waals surface area contributed by atoms with Gasteiger partial charge in [0.1, 0.15) is 0 Å². The van der Waals surface area contributed by atoms with E-state index in [1.54, 1.807) is 6.07 Å². The third-order valence-corrected chi connectivity index (χ3v) is 4.51. The smallest absolute Gasteiger partial charge is 0.191 e. The lowest BCUT2D eigenvalue weighted by Crippen LogP contribution is -2.44. The molecule has 1 fully saturated rings. The van der Waals surface area contributed by atoms with Crippen molar-refractivity contribution in [1.29, 1.82) is 0 Å². The molecule has 1 aromatic carbocycles. The maximum Gasteiger partial charge on any atom is 0.191 e. The van der Waals surface area contributed by atoms with E-state index < -0.39 is 0 Å². The highest BCUT2D eigenvalue weighted by atomic mass is 16.5. The zero-order valence-electron chi connectivity index (χ0n) is 15.0. The first-order chi connectivity index (χ1) is 12.1. The molecule has 0 bridgehead atoms. The topological polar surface area (TPSA) is 95.3 Å². The van der Waals surface area contributed by atoms with Gasteiger partial charge in [0.05, 0.1) is 20.3 Å². The third kappa shape index (κ3) is 5.24. The summed E-state index contributed by atoms with van der Waals surface area (Å²) in [6, 6.07) is 5.36. The Morgan fingerprint density at radius 2 is 2.24 bits per heavy atom. The summed E-state index contributed by atoms with van der Waals surface area (Å²) in [5.74, 6) is 1.23. The molecule has 1 atom stereocenters. The molecular weight excluding hydrogens is 322 g/mol. The SMILES string of the molecule is CCNC(=NCc1cccc(OC)c1O)NCC1(CCO)CCOC1. The minimum Gasteiger partial charge on any atom is -0.504 e. The third-order valence-electron chi connectivity index (χ3n) is 4.51. The fraction of sp³-hybridized carbons (Fsp3) is 0.611. The number of aliphatic hydroxyl groups is 1. The van der Waals surface area contributed by atoms with Gasteiger partial charge in [0.15, 0.2) is 17.5 Å². The number of nitrogens with one attached hydrogen (secondary N) is 2. The van der Waals surface area contributed by atoms with Crippen molar-refractivity contribution in [2.75, 3.05) is 40.0 Å². The van der Waals surface area contributed by atoms with Crippen molar-refractivity contribution in [3.63, 3.8) is 0 Å². The molecule has 7 heteroatoms. The van der Waals surface area contributed by atoms with Crippen LogP contribution in [0.15, 0.2) is 23.2 Å². The quantitative estimate of drug-likeness (QED) is 0.416. The number of phenolic OH excluding ortho intramolecular Hbond substituents is 1. The normalized spacial score (nSPS) is 20.5. The Kier molecular flexibility index (Phi) is 7.33. The monoisotopic (exact) mass is 351 g/mol. The Bertz CT molecular complexity index is 571. The predicted molar refractivity (Wildman–Crippen MR) is 97.0 cm³/mol. The summed E-state index contributed by atoms with van der Waals surface area (Å²) in [4.78, 5) is 4.55. The summed E-state index contributed by atoms with van der Waals surface area (Å²) >= 11 is 0. The van der Waals surface area contributed by atoms with Crippen molar-refractivity contribution >= 4 is 5.96 Å². The molecule has 1 heterocycles. The predicted octanol–water partition coefficient (Wildman–Crippen LogP) is 1.25. The van der Waals surface area contributed by atoms with Gasteiger partial charge in [-0.05, 0) is 25.8 Å². The van der Waals surface area contributed by atoms with Gasteiger partial charge in [-0.3, -0.25) is 0 Å². The molecule has 25 heavy (non-hydrogen) atoms. The van der Waals surface area contributed by atoms with Crippen LogP contribution in [0.5, 0.6) is 11.5 Å². The number of methoxy groups -OCH3 is 1. The largest absolute Gasteiger partial charge is 0.504 e. The van der Waals surface area contributed by atoms with E-state index in [-0.39, 0.29) is 17.8 Å². The average Bonchev–Trinajstić information content (AvgIpc) is 3.07. The van der Waals surface area contributed by atoms with E-state index in [0.717, 1.165) is 19.6 Å². The van der Waals surface area contributed by atoms with Gasteiger partial charge in [0, 0.05) is 37.3 Å². The van der Waals surface area contributed by atoms with Crippen LogP contribution in [-0.4, -0.2) is 56.2 Å². The van der Waals surface area contributed by atoms with Crippen molar-refractivity contribution in [2.24, 2.45) is 10.4 Å². The number of hydrogen-bond donors (Lipinski definition) is 4. The second kappa shape index (κ2) is 9.48. The molecule has 0 radical (unpaired) electrons. The first-order valence-electron chi connectivity index (χ1n) is 8.70. The molecular formula is C18H29N3O4. The zero-order valence-corrected chi connectivity index (χ0v) is 15.0. The minimum absolute atomic E-state index is 0.0525. The molecule has 1 aliphatic heterocycles. The first kappa shape index (κ1) is 19.3. The number of aliphatic imine (C=N–C) groups is 1. The Balaban J connectivity index is 2.03. The van der Waals surface area contributed by atoms with Crippen molar-refractivity contribution in [3.05, 3.63) is 23.8 Å². The summed E-state index contributed by atoms with van der Waals surface area (Å²) in [6.45, 7) is 5.28. The van der Waals surface area contributed by atoms with E-state index in [1.165, 1.54) is 7.11 Å². The van der Waals surface area contributed by atoms with Crippen molar-refractivity contribution in [2.45, 2.75) is 26.3 Å². The van der Waals surface area contributed by atoms with Crippen LogP contribution in [0.25, 0.3) is 0 Å². The number of ether oxygens (including phenoxy) is 2. The van der Waals surface area contributed by atoms with Crippen LogP contribution < -0.4 is 15.4 Å². The first-order valence-corrected chi connectivity index (χ1v) is 8.70. The highest BCUT2D eigenvalue weighted by molar-refractivity contribution is 5.79. The van der Waals surface area contributed by atoms with Crippen LogP contribution >= 0.6 is 0 Å². The van der Waals surface area contributed by atoms with Crippen LogP contribution in [0.3, 0.4) is 0 Å². The number of benzene rings is 1. The van der Waals surface area contributed by atoms with Gasteiger partial charge < -0.3 is 30.3 Å². The van der Waals surface area contributed by atoms with Gasteiger partial charge in [-0.25, -0.2) is 4.99 Å². The van der Waals surface area contributed by atoms with E-state index >= 15 is 0 Å². The van der Waals surface area contributed by atoms with Crippen molar-refractivity contribution in [1.82, 2.24) is 10.6 Å². The van der Waals surface area contributed by atoms with E-state index in [2.05, 4.69) is 15.6 Å². The standard InChI is InChI=1S/C18H29N3O4/c1-3-19-17(21-12-18(7-9-22)8-10-25-13-18)20-11-14-5-4-6-15(24-2)16(14)23/h4-6,22-23H,3,7-13H2,1-2H3,(H2,19,20,21). The lowest BCUT2D eigenvalue weighted by molar-refractivity contribution is 0.127. The number of hydrogen-bond acceptors (Lipinski definition) is 5. The fourth-order valence-electron chi connectivity index (χ4n) is 2.95. The van der Waals surface area contributed by atoms with Crippen LogP contribution in [0.2, 0.25) is 0 Å². The average molecular weight is 351 g/mol. The molecule has 0 amide bonds. The van der Waals surface area contributed by atoms with Crippen LogP contribution in [-0.2, 0) is 11.3 Å². The number of nitrogens with zero attached hydrogens (tertiary/aromatic N) is 1. The van der Waals surface area contributed by atoms with Crippen molar-refractivity contribution < 1.29 is 19.7 Å². The molecule has 1 unspecified atom stereocenters. The molecule has 0 spiro atoms. The molecule has 1 aromatic rings. The van der Waals surface area contributed by atoms with E-state index in [1.807, 2.05) is 19.1 Å². The van der Waals surface area contributed by atoms with Gasteiger partial charge in [-0.15, -0.1) is 0 Å². The van der Waals surface area contributed by atoms with E-state index in [4.69, 9.17) is 9.47 Å². The summed E-state index contributed by atoms with van der Waals surface area (Å²) in [5.41, 5.74) is 0.647. The Morgan fingerprint density at radius 1 is 1.40 bits per heavy atom. The van der Waals surface area contributed by atoms with Gasteiger partial charge in [0.2, 0.25) is 0 Å². The number of aromatic hydroxyl groups is 1. The van der Waals surface area contributed by atoms with Gasteiger partial charge in [-0.2, -0.15) is 0 Å². The van der Waals surface area contributed by atoms with Crippen LogP contribution in [0.1, 0.15) is 25.3 Å². The summed E-state index contributed by atoms with van der Waals surface area (Å²) < 4.78 is 10.6. The lowest BCUT2D eigenvalue weighted by atomic mass is 9.84. The molecule has 1 aliphatic rings. The molecule has 2 rings (SSSR count). The maximum absolute atomic E-state index is 10.2. The number of rotatable bonds is 8. The van der Waals surface area contributed by atoms with E-state index in [9.17, 15) is 10.2 Å². The Morgan fingerprint density at radius 3 is 2.88 bits per heavy atom. The summed E-state index contributed by atoms with van der Waals surface area (Å²) in [7, 11) is 1.53. The number of phenols is 1. The fourth-order valence-corrected chi connectivity index (χ4v) is 2.95. The molecule has 1 saturated heterocycles. The number of guanidine groups is 1. The highest BCUT2D eigenvalue weighted by Gasteiger charge is 2.34.